The molecular formula is C41H40N8O3. The predicted molar refractivity (Wildman–Crippen MR) is 195 cm³/mol. The molecule has 0 spiro atoms. The van der Waals surface area contributed by atoms with Crippen LogP contribution in [0.25, 0.3) is 16.8 Å². The molecule has 11 nitrogen and oxygen atoms in total. The van der Waals surface area contributed by atoms with Gasteiger partial charge in [0, 0.05) is 30.8 Å². The molecule has 2 bridgehead atoms. The summed E-state index contributed by atoms with van der Waals surface area (Å²) in [5.41, 5.74) is 7.44. The maximum absolute atomic E-state index is 13.6. The molecular weight excluding hydrogens is 653 g/mol. The molecule has 0 unspecified atom stereocenters. The third-order valence-electron chi connectivity index (χ3n) is 12.1. The zero-order valence-electron chi connectivity index (χ0n) is 29.5. The highest BCUT2D eigenvalue weighted by Crippen LogP contribution is 2.65. The second-order valence-corrected chi connectivity index (χ2v) is 15.3. The number of ether oxygens (including phenoxy) is 2. The molecule has 3 saturated heterocycles. The lowest BCUT2D eigenvalue weighted by molar-refractivity contribution is -0.0447. The van der Waals surface area contributed by atoms with Crippen LogP contribution in [0.5, 0.6) is 0 Å². The van der Waals surface area contributed by atoms with Crippen LogP contribution in [0.15, 0.2) is 91.1 Å². The molecule has 3 aromatic carbocycles. The lowest BCUT2D eigenvalue weighted by Crippen LogP contribution is -2.65. The third-order valence-corrected chi connectivity index (χ3v) is 12.1. The average molecular weight is 693 g/mol. The van der Waals surface area contributed by atoms with E-state index >= 15 is 0 Å². The van der Waals surface area contributed by atoms with Crippen molar-refractivity contribution in [3.8, 4) is 11.1 Å². The molecule has 5 aliphatic rings. The Morgan fingerprint density at radius 2 is 1.73 bits per heavy atom. The van der Waals surface area contributed by atoms with Crippen molar-refractivity contribution < 1.29 is 14.3 Å². The van der Waals surface area contributed by atoms with Crippen LogP contribution >= 0.6 is 0 Å². The van der Waals surface area contributed by atoms with E-state index in [2.05, 4.69) is 101 Å². The largest absolute Gasteiger partial charge is 0.449 e. The van der Waals surface area contributed by atoms with Gasteiger partial charge in [0.05, 0.1) is 29.9 Å². The number of fused-ring (bicyclic) bond motifs is 5. The van der Waals surface area contributed by atoms with Crippen molar-refractivity contribution in [2.75, 3.05) is 31.2 Å². The summed E-state index contributed by atoms with van der Waals surface area (Å²) in [5.74, 6) is 1.40. The summed E-state index contributed by atoms with van der Waals surface area (Å²) in [6.45, 7) is 8.66. The van der Waals surface area contributed by atoms with Crippen molar-refractivity contribution in [3.63, 3.8) is 0 Å². The number of nitrogens with zero attached hydrogens (tertiary/aromatic N) is 6. The van der Waals surface area contributed by atoms with E-state index in [9.17, 15) is 4.79 Å². The number of aromatic nitrogens is 6. The number of pyridine rings is 1. The highest BCUT2D eigenvalue weighted by Gasteiger charge is 2.75. The second-order valence-electron chi connectivity index (χ2n) is 15.3. The van der Waals surface area contributed by atoms with Gasteiger partial charge < -0.3 is 19.7 Å². The summed E-state index contributed by atoms with van der Waals surface area (Å²) in [7, 11) is 0. The SMILES string of the molecule is Cc1n[nH]c([C@H]2[C@]3(NC(=O)OCC4c5ccccc5-c5ccccc54)CO[C@@]2(c2nc4c(C)cc(N5CC[C@](C)(c6ccccc6)C5)cn4n2)C3)n1. The van der Waals surface area contributed by atoms with Gasteiger partial charge in [0.1, 0.15) is 23.9 Å². The number of anilines is 1. The van der Waals surface area contributed by atoms with Crippen LogP contribution in [0.1, 0.15) is 71.3 Å². The Kier molecular flexibility index (Phi) is 6.74. The van der Waals surface area contributed by atoms with E-state index in [1.165, 1.54) is 27.8 Å². The van der Waals surface area contributed by atoms with Crippen molar-refractivity contribution >= 4 is 17.4 Å². The van der Waals surface area contributed by atoms with Crippen LogP contribution in [0, 0.1) is 13.8 Å². The average Bonchev–Trinajstić information content (AvgIpc) is 4.00. The smallest absolute Gasteiger partial charge is 0.407 e. The van der Waals surface area contributed by atoms with Gasteiger partial charge in [0.25, 0.3) is 0 Å². The van der Waals surface area contributed by atoms with E-state index in [1.54, 1.807) is 0 Å². The normalized spacial score (nSPS) is 26.0. The quantitative estimate of drug-likeness (QED) is 0.199. The molecule has 3 aliphatic heterocycles. The van der Waals surface area contributed by atoms with E-state index in [4.69, 9.17) is 24.5 Å². The van der Waals surface area contributed by atoms with Gasteiger partial charge in [0.2, 0.25) is 0 Å². The van der Waals surface area contributed by atoms with Crippen LogP contribution in [0.4, 0.5) is 10.5 Å². The van der Waals surface area contributed by atoms with Crippen LogP contribution in [0.3, 0.4) is 0 Å². The highest BCUT2D eigenvalue weighted by molar-refractivity contribution is 5.79. The molecule has 2 aliphatic carbocycles. The van der Waals surface area contributed by atoms with Crippen molar-refractivity contribution in [2.24, 2.45) is 0 Å². The van der Waals surface area contributed by atoms with E-state index < -0.39 is 17.2 Å². The maximum Gasteiger partial charge on any atom is 0.407 e. The number of aromatic amines is 1. The van der Waals surface area contributed by atoms with Gasteiger partial charge in [-0.05, 0) is 59.7 Å². The molecule has 11 heteroatoms. The first kappa shape index (κ1) is 31.2. The monoisotopic (exact) mass is 692 g/mol. The van der Waals surface area contributed by atoms with E-state index in [1.807, 2.05) is 35.7 Å². The van der Waals surface area contributed by atoms with Gasteiger partial charge >= 0.3 is 6.09 Å². The summed E-state index contributed by atoms with van der Waals surface area (Å²) in [6, 6.07) is 29.7. The molecule has 52 heavy (non-hydrogen) atoms. The number of amides is 1. The van der Waals surface area contributed by atoms with Gasteiger partial charge in [-0.15, -0.1) is 5.10 Å². The van der Waals surface area contributed by atoms with Crippen LogP contribution in [-0.4, -0.2) is 67.7 Å². The zero-order valence-corrected chi connectivity index (χ0v) is 29.5. The summed E-state index contributed by atoms with van der Waals surface area (Å²) in [4.78, 5) is 25.9. The van der Waals surface area contributed by atoms with Crippen molar-refractivity contribution in [1.82, 2.24) is 35.1 Å². The van der Waals surface area contributed by atoms with Crippen LogP contribution in [0.2, 0.25) is 0 Å². The van der Waals surface area contributed by atoms with E-state index in [-0.39, 0.29) is 30.5 Å². The predicted octanol–water partition coefficient (Wildman–Crippen LogP) is 6.32. The molecule has 4 fully saturated rings. The minimum absolute atomic E-state index is 0.0355. The molecule has 1 amide bonds. The molecule has 3 aromatic heterocycles. The Hall–Kier alpha value is -5.55. The fourth-order valence-corrected chi connectivity index (χ4v) is 9.49. The van der Waals surface area contributed by atoms with Gasteiger partial charge in [-0.1, -0.05) is 85.8 Å². The minimum atomic E-state index is -0.888. The maximum atomic E-state index is 13.6. The summed E-state index contributed by atoms with van der Waals surface area (Å²) >= 11 is 0. The molecule has 4 atom stereocenters. The fraction of sp³-hybridized carbons (Fsp3) is 0.341. The topological polar surface area (TPSA) is 123 Å². The number of hydrogen-bond donors (Lipinski definition) is 2. The Bertz CT molecular complexity index is 2330. The first-order chi connectivity index (χ1) is 25.3. The van der Waals surface area contributed by atoms with Crippen LogP contribution < -0.4 is 10.2 Å². The third kappa shape index (κ3) is 4.57. The number of H-pyrrole nitrogens is 1. The van der Waals surface area contributed by atoms with Crippen molar-refractivity contribution in [3.05, 3.63) is 131 Å². The van der Waals surface area contributed by atoms with Gasteiger partial charge in [-0.25, -0.2) is 19.3 Å². The number of nitrogens with one attached hydrogen (secondary N) is 2. The summed E-state index contributed by atoms with van der Waals surface area (Å²) in [5, 5.41) is 15.7. The Labute approximate surface area is 301 Å². The van der Waals surface area contributed by atoms with E-state index in [0.717, 1.165) is 36.4 Å². The number of alkyl carbamates (subject to hydrolysis) is 1. The molecule has 6 heterocycles. The Morgan fingerprint density at radius 3 is 2.46 bits per heavy atom. The van der Waals surface area contributed by atoms with Gasteiger partial charge in [-0.2, -0.15) is 5.10 Å². The highest BCUT2D eigenvalue weighted by atomic mass is 16.6. The molecule has 1 saturated carbocycles. The minimum Gasteiger partial charge on any atom is -0.449 e. The van der Waals surface area contributed by atoms with Crippen LogP contribution in [-0.2, 0) is 20.5 Å². The first-order valence-electron chi connectivity index (χ1n) is 18.1. The standard InChI is InChI=1S/C41H40N8O3/c1-25-19-28(48-18-17-39(3,23-48)27-11-5-4-6-12-27)20-49-36(25)43-37(47-49)41-22-40(24-52-41,34(41)35-42-26(2)45-46-35)44-38(50)51-21-33-31-15-9-7-13-29(31)30-14-8-10-16-32(30)33/h4-16,19-20,33-34H,17-18,21-24H2,1-3H3,(H,44,50)(H,42,45,46)/t34-,39-,40+,41-/m0/s1. The molecule has 11 rings (SSSR count). The number of carbonyl (C=O) groups excluding carboxylic acids is 1. The molecule has 262 valence electrons. The van der Waals surface area contributed by atoms with Gasteiger partial charge in [-0.3, -0.25) is 5.10 Å². The molecule has 6 aromatic rings. The Morgan fingerprint density at radius 1 is 1.00 bits per heavy atom. The molecule has 2 N–H and O–H groups in total. The van der Waals surface area contributed by atoms with Crippen molar-refractivity contribution in [1.29, 1.82) is 0 Å². The first-order valence-corrected chi connectivity index (χ1v) is 18.1. The summed E-state index contributed by atoms with van der Waals surface area (Å²) in [6.07, 6.45) is 3.15. The summed E-state index contributed by atoms with van der Waals surface area (Å²) < 4.78 is 14.5. The van der Waals surface area contributed by atoms with Gasteiger partial charge in [0.15, 0.2) is 11.5 Å². The zero-order chi connectivity index (χ0) is 35.2. The Balaban J connectivity index is 0.914. The van der Waals surface area contributed by atoms with E-state index in [0.29, 0.717) is 23.9 Å². The second kappa shape index (κ2) is 11.2. The molecule has 0 radical (unpaired) electrons. The number of hydrogen-bond acceptors (Lipinski definition) is 8. The van der Waals surface area contributed by atoms with Crippen molar-refractivity contribution in [2.45, 2.75) is 62.0 Å². The number of aryl methyl sites for hydroxylation is 2. The number of rotatable bonds is 7. The number of carbonyl (C=O) groups is 1. The number of benzene rings is 3. The fourth-order valence-electron chi connectivity index (χ4n) is 9.49. The lowest BCUT2D eigenvalue weighted by atomic mass is 9.58. The lowest BCUT2D eigenvalue weighted by Gasteiger charge is -2.49.